The van der Waals surface area contributed by atoms with Crippen LogP contribution in [0.4, 0.5) is 0 Å². The Hall–Kier alpha value is -3.42. The molecule has 1 heterocycles. The van der Waals surface area contributed by atoms with E-state index in [0.717, 1.165) is 11.1 Å². The lowest BCUT2D eigenvalue weighted by Crippen LogP contribution is -2.31. The second-order valence-corrected chi connectivity index (χ2v) is 5.91. The normalized spacial score (nSPS) is 11.7. The zero-order chi connectivity index (χ0) is 19.2. The highest BCUT2D eigenvalue weighted by atomic mass is 16.5. The lowest BCUT2D eigenvalue weighted by molar-refractivity contribution is -0.122. The second kappa shape index (κ2) is 8.31. The Balaban J connectivity index is 1.67. The van der Waals surface area contributed by atoms with E-state index in [1.165, 1.54) is 4.80 Å². The van der Waals surface area contributed by atoms with Crippen LogP contribution in [0.25, 0.3) is 11.4 Å². The molecule has 1 unspecified atom stereocenters. The molecule has 140 valence electrons. The number of ether oxygens (including phenoxy) is 2. The largest absolute Gasteiger partial charge is 0.497 e. The third kappa shape index (κ3) is 4.41. The van der Waals surface area contributed by atoms with Crippen LogP contribution in [0, 0.1) is 0 Å². The molecule has 1 aromatic heterocycles. The molecule has 0 saturated carbocycles. The van der Waals surface area contributed by atoms with Gasteiger partial charge in [0, 0.05) is 11.1 Å². The van der Waals surface area contributed by atoms with E-state index in [9.17, 15) is 4.79 Å². The molecule has 1 N–H and O–H groups in total. The van der Waals surface area contributed by atoms with E-state index in [1.807, 2.05) is 49.4 Å². The molecule has 0 aliphatic carbocycles. The molecule has 0 saturated heterocycles. The number of methoxy groups -OCH3 is 2. The monoisotopic (exact) mass is 367 g/mol. The number of rotatable bonds is 7. The van der Waals surface area contributed by atoms with Gasteiger partial charge in [-0.25, -0.2) is 0 Å². The molecule has 1 atom stereocenters. The zero-order valence-electron chi connectivity index (χ0n) is 15.4. The first-order valence-electron chi connectivity index (χ1n) is 8.45. The van der Waals surface area contributed by atoms with E-state index in [-0.39, 0.29) is 18.5 Å². The van der Waals surface area contributed by atoms with Crippen LogP contribution in [0.2, 0.25) is 0 Å². The quantitative estimate of drug-likeness (QED) is 0.689. The molecular weight excluding hydrogens is 346 g/mol. The standard InChI is InChI=1S/C19H21N5O3/c1-13(16-11-15(26-2)9-10-17(16)27-3)20-18(25)12-24-22-19(21-23-24)14-7-5-4-6-8-14/h4-11,13H,12H2,1-3H3,(H,20,25). The Bertz CT molecular complexity index is 911. The van der Waals surface area contributed by atoms with Crippen LogP contribution in [0.3, 0.4) is 0 Å². The minimum Gasteiger partial charge on any atom is -0.497 e. The molecule has 3 rings (SSSR count). The van der Waals surface area contributed by atoms with E-state index in [2.05, 4.69) is 20.7 Å². The Morgan fingerprint density at radius 1 is 1.15 bits per heavy atom. The van der Waals surface area contributed by atoms with Crippen LogP contribution in [0.1, 0.15) is 18.5 Å². The molecule has 0 radical (unpaired) electrons. The summed E-state index contributed by atoms with van der Waals surface area (Å²) in [6.07, 6.45) is 0. The van der Waals surface area contributed by atoms with Gasteiger partial charge in [-0.05, 0) is 30.3 Å². The maximum Gasteiger partial charge on any atom is 0.244 e. The fourth-order valence-electron chi connectivity index (χ4n) is 2.68. The van der Waals surface area contributed by atoms with Crippen molar-refractivity contribution >= 4 is 5.91 Å². The molecule has 0 aliphatic rings. The van der Waals surface area contributed by atoms with Crippen LogP contribution in [0.15, 0.2) is 48.5 Å². The van der Waals surface area contributed by atoms with Gasteiger partial charge in [-0.15, -0.1) is 10.2 Å². The van der Waals surface area contributed by atoms with Crippen molar-refractivity contribution in [1.29, 1.82) is 0 Å². The zero-order valence-corrected chi connectivity index (χ0v) is 15.4. The highest BCUT2D eigenvalue weighted by Gasteiger charge is 2.16. The van der Waals surface area contributed by atoms with Crippen LogP contribution in [-0.2, 0) is 11.3 Å². The number of amides is 1. The van der Waals surface area contributed by atoms with Crippen LogP contribution in [0.5, 0.6) is 11.5 Å². The number of nitrogens with zero attached hydrogens (tertiary/aromatic N) is 4. The fraction of sp³-hybridized carbons (Fsp3) is 0.263. The number of aromatic nitrogens is 4. The first-order valence-corrected chi connectivity index (χ1v) is 8.45. The summed E-state index contributed by atoms with van der Waals surface area (Å²) in [6, 6.07) is 14.7. The van der Waals surface area contributed by atoms with Crippen molar-refractivity contribution in [2.75, 3.05) is 14.2 Å². The van der Waals surface area contributed by atoms with Gasteiger partial charge in [0.1, 0.15) is 18.0 Å². The van der Waals surface area contributed by atoms with Gasteiger partial charge in [0.25, 0.3) is 0 Å². The molecule has 0 aliphatic heterocycles. The number of nitrogens with one attached hydrogen (secondary N) is 1. The third-order valence-corrected chi connectivity index (χ3v) is 4.05. The highest BCUT2D eigenvalue weighted by Crippen LogP contribution is 2.29. The highest BCUT2D eigenvalue weighted by molar-refractivity contribution is 5.76. The van der Waals surface area contributed by atoms with Crippen LogP contribution in [-0.4, -0.2) is 40.3 Å². The number of hydrogen-bond acceptors (Lipinski definition) is 6. The maximum absolute atomic E-state index is 12.4. The van der Waals surface area contributed by atoms with Gasteiger partial charge in [-0.2, -0.15) is 4.80 Å². The fourth-order valence-corrected chi connectivity index (χ4v) is 2.68. The third-order valence-electron chi connectivity index (χ3n) is 4.05. The number of tetrazole rings is 1. The molecule has 0 spiro atoms. The molecule has 27 heavy (non-hydrogen) atoms. The van der Waals surface area contributed by atoms with Crippen molar-refractivity contribution in [3.63, 3.8) is 0 Å². The predicted molar refractivity (Wildman–Crippen MR) is 99.4 cm³/mol. The smallest absolute Gasteiger partial charge is 0.244 e. The van der Waals surface area contributed by atoms with Gasteiger partial charge in [-0.3, -0.25) is 4.79 Å². The number of carbonyl (C=O) groups is 1. The minimum absolute atomic E-state index is 0.0313. The van der Waals surface area contributed by atoms with Gasteiger partial charge in [0.15, 0.2) is 0 Å². The summed E-state index contributed by atoms with van der Waals surface area (Å²) in [6.45, 7) is 1.84. The molecule has 2 aromatic carbocycles. The topological polar surface area (TPSA) is 91.2 Å². The Morgan fingerprint density at radius 2 is 1.93 bits per heavy atom. The summed E-state index contributed by atoms with van der Waals surface area (Å²) in [5.41, 5.74) is 1.67. The first kappa shape index (κ1) is 18.4. The summed E-state index contributed by atoms with van der Waals surface area (Å²) in [5.74, 6) is 1.61. The van der Waals surface area contributed by atoms with Crippen molar-refractivity contribution in [3.8, 4) is 22.9 Å². The van der Waals surface area contributed by atoms with Crippen molar-refractivity contribution < 1.29 is 14.3 Å². The SMILES string of the molecule is COc1ccc(OC)c(C(C)NC(=O)Cn2nnc(-c3ccccc3)n2)c1. The number of hydrogen-bond donors (Lipinski definition) is 1. The molecule has 3 aromatic rings. The minimum atomic E-state index is -0.278. The van der Waals surface area contributed by atoms with Gasteiger partial charge in [-0.1, -0.05) is 30.3 Å². The summed E-state index contributed by atoms with van der Waals surface area (Å²) in [5, 5.41) is 15.1. The van der Waals surface area contributed by atoms with E-state index >= 15 is 0 Å². The Kier molecular flexibility index (Phi) is 5.65. The summed E-state index contributed by atoms with van der Waals surface area (Å²) in [4.78, 5) is 13.7. The van der Waals surface area contributed by atoms with Crippen LogP contribution < -0.4 is 14.8 Å². The number of carbonyl (C=O) groups excluding carboxylic acids is 1. The average Bonchev–Trinajstić information content (AvgIpc) is 3.16. The predicted octanol–water partition coefficient (Wildman–Crippen LogP) is 2.23. The molecule has 1 amide bonds. The van der Waals surface area contributed by atoms with Gasteiger partial charge >= 0.3 is 0 Å². The second-order valence-electron chi connectivity index (χ2n) is 5.91. The van der Waals surface area contributed by atoms with E-state index < -0.39 is 0 Å². The van der Waals surface area contributed by atoms with Crippen molar-refractivity contribution in [2.24, 2.45) is 0 Å². The summed E-state index contributed by atoms with van der Waals surface area (Å²) in [7, 11) is 3.18. The van der Waals surface area contributed by atoms with E-state index in [0.29, 0.717) is 17.3 Å². The lowest BCUT2D eigenvalue weighted by atomic mass is 10.1. The first-order chi connectivity index (χ1) is 13.1. The van der Waals surface area contributed by atoms with Crippen molar-refractivity contribution in [2.45, 2.75) is 19.5 Å². The van der Waals surface area contributed by atoms with Gasteiger partial charge < -0.3 is 14.8 Å². The molecule has 8 nitrogen and oxygen atoms in total. The molecule has 0 fully saturated rings. The number of benzene rings is 2. The van der Waals surface area contributed by atoms with Gasteiger partial charge in [0.2, 0.25) is 11.7 Å². The Labute approximate surface area is 157 Å². The van der Waals surface area contributed by atoms with Gasteiger partial charge in [0.05, 0.1) is 20.3 Å². The van der Waals surface area contributed by atoms with Crippen molar-refractivity contribution in [1.82, 2.24) is 25.5 Å². The average molecular weight is 367 g/mol. The molecule has 8 heteroatoms. The van der Waals surface area contributed by atoms with Crippen molar-refractivity contribution in [3.05, 3.63) is 54.1 Å². The molecule has 0 bridgehead atoms. The van der Waals surface area contributed by atoms with E-state index in [4.69, 9.17) is 9.47 Å². The van der Waals surface area contributed by atoms with E-state index in [1.54, 1.807) is 20.3 Å². The molecular formula is C19H21N5O3. The Morgan fingerprint density at radius 3 is 2.63 bits per heavy atom. The summed E-state index contributed by atoms with van der Waals surface area (Å²) < 4.78 is 10.6. The maximum atomic E-state index is 12.4. The summed E-state index contributed by atoms with van der Waals surface area (Å²) >= 11 is 0. The lowest BCUT2D eigenvalue weighted by Gasteiger charge is -2.18. The van der Waals surface area contributed by atoms with Crippen LogP contribution >= 0.6 is 0 Å².